The van der Waals surface area contributed by atoms with Gasteiger partial charge in [0.2, 0.25) is 5.91 Å². The van der Waals surface area contributed by atoms with Gasteiger partial charge >= 0.3 is 0 Å². The maximum Gasteiger partial charge on any atom is 0.260 e. The lowest BCUT2D eigenvalue weighted by atomic mass is 9.82. The third-order valence-corrected chi connectivity index (χ3v) is 7.38. The summed E-state index contributed by atoms with van der Waals surface area (Å²) in [6, 6.07) is 7.86. The summed E-state index contributed by atoms with van der Waals surface area (Å²) in [7, 11) is 0. The highest BCUT2D eigenvalue weighted by molar-refractivity contribution is 5.81. The molecule has 2 unspecified atom stereocenters. The minimum Gasteiger partial charge on any atom is -0.483 e. The molecule has 2 saturated heterocycles. The lowest BCUT2D eigenvalue weighted by Gasteiger charge is -2.32. The van der Waals surface area contributed by atoms with E-state index in [0.717, 1.165) is 44.3 Å². The maximum atomic E-state index is 13.1. The monoisotopic (exact) mass is 428 g/mol. The third kappa shape index (κ3) is 4.44. The first-order chi connectivity index (χ1) is 15.2. The molecule has 1 aromatic rings. The molecule has 2 amide bonds. The van der Waals surface area contributed by atoms with Gasteiger partial charge in [-0.1, -0.05) is 18.2 Å². The van der Waals surface area contributed by atoms with E-state index in [1.165, 1.54) is 5.56 Å². The molecule has 2 bridgehead atoms. The summed E-state index contributed by atoms with van der Waals surface area (Å²) >= 11 is 0. The van der Waals surface area contributed by atoms with E-state index < -0.39 is 0 Å². The average Bonchev–Trinajstić information content (AvgIpc) is 3.47. The van der Waals surface area contributed by atoms with E-state index in [4.69, 9.17) is 14.2 Å². The molecule has 4 aliphatic heterocycles. The maximum absolute atomic E-state index is 13.1. The molecule has 7 heteroatoms. The van der Waals surface area contributed by atoms with Crippen molar-refractivity contribution in [3.05, 3.63) is 29.8 Å². The fourth-order valence-electron chi connectivity index (χ4n) is 5.53. The minimum atomic E-state index is -0.156. The fraction of sp³-hybridized carbons (Fsp3) is 0.667. The standard InChI is InChI=1S/C24H32N2O5/c27-23-15-31-22-4-2-1-3-19(22)16-5-7-18(8-6-16)30-14-21-20(9-11-26(21)23)25-24(28)17-10-12-29-13-17/h1-4,16-18,20-21H,5-15H2,(H,25,28)/t16?,17?,18?,20-,21?/m0/s1. The number of para-hydroxylation sites is 1. The van der Waals surface area contributed by atoms with Crippen molar-refractivity contribution in [1.82, 2.24) is 10.2 Å². The number of hydrogen-bond donors (Lipinski definition) is 1. The van der Waals surface area contributed by atoms with Gasteiger partial charge < -0.3 is 24.4 Å². The molecule has 1 saturated carbocycles. The zero-order chi connectivity index (χ0) is 21.2. The largest absolute Gasteiger partial charge is 0.483 e. The van der Waals surface area contributed by atoms with Crippen LogP contribution in [0, 0.1) is 5.92 Å². The van der Waals surface area contributed by atoms with Crippen LogP contribution in [0.4, 0.5) is 0 Å². The van der Waals surface area contributed by atoms with Gasteiger partial charge in [-0.15, -0.1) is 0 Å². The SMILES string of the molecule is O=C(N[C@H]1CCN2C(=O)COc3ccccc3C3CCC(CC3)OCC12)C1CCOC1. The summed E-state index contributed by atoms with van der Waals surface area (Å²) in [6.45, 7) is 2.21. The predicted octanol–water partition coefficient (Wildman–Crippen LogP) is 2.24. The summed E-state index contributed by atoms with van der Waals surface area (Å²) < 4.78 is 17.7. The van der Waals surface area contributed by atoms with E-state index in [9.17, 15) is 9.59 Å². The molecule has 6 rings (SSSR count). The smallest absolute Gasteiger partial charge is 0.260 e. The Labute approximate surface area is 183 Å². The van der Waals surface area contributed by atoms with Crippen LogP contribution in [0.5, 0.6) is 5.75 Å². The van der Waals surface area contributed by atoms with Crippen molar-refractivity contribution in [2.75, 3.05) is 33.0 Å². The Morgan fingerprint density at radius 2 is 1.87 bits per heavy atom. The van der Waals surface area contributed by atoms with Crippen molar-refractivity contribution >= 4 is 11.8 Å². The number of amides is 2. The highest BCUT2D eigenvalue weighted by Gasteiger charge is 2.40. The van der Waals surface area contributed by atoms with E-state index in [1.54, 1.807) is 0 Å². The van der Waals surface area contributed by atoms with Crippen LogP contribution in [0.3, 0.4) is 0 Å². The molecule has 1 N–H and O–H groups in total. The highest BCUT2D eigenvalue weighted by Crippen LogP contribution is 2.39. The van der Waals surface area contributed by atoms with Gasteiger partial charge in [-0.3, -0.25) is 9.59 Å². The Hall–Kier alpha value is -2.12. The average molecular weight is 429 g/mol. The fourth-order valence-corrected chi connectivity index (χ4v) is 5.53. The summed E-state index contributed by atoms with van der Waals surface area (Å²) in [5, 5.41) is 3.19. The molecule has 168 valence electrons. The number of fused-ring (bicyclic) bond motifs is 5. The van der Waals surface area contributed by atoms with Crippen LogP contribution in [0.1, 0.15) is 50.0 Å². The van der Waals surface area contributed by atoms with Crippen molar-refractivity contribution in [3.63, 3.8) is 0 Å². The van der Waals surface area contributed by atoms with Crippen LogP contribution in [0.15, 0.2) is 24.3 Å². The van der Waals surface area contributed by atoms with Gasteiger partial charge in [0, 0.05) is 13.2 Å². The molecule has 0 aromatic heterocycles. The van der Waals surface area contributed by atoms with Crippen LogP contribution in [0.25, 0.3) is 0 Å². The van der Waals surface area contributed by atoms with E-state index in [1.807, 2.05) is 23.1 Å². The van der Waals surface area contributed by atoms with Crippen LogP contribution in [-0.4, -0.2) is 67.9 Å². The van der Waals surface area contributed by atoms with Crippen LogP contribution in [-0.2, 0) is 19.1 Å². The van der Waals surface area contributed by atoms with Crippen LogP contribution < -0.4 is 10.1 Å². The number of carbonyl (C=O) groups is 2. The Morgan fingerprint density at radius 1 is 1.03 bits per heavy atom. The summed E-state index contributed by atoms with van der Waals surface area (Å²) in [4.78, 5) is 27.6. The molecule has 7 nitrogen and oxygen atoms in total. The molecule has 4 heterocycles. The topological polar surface area (TPSA) is 77.1 Å². The quantitative estimate of drug-likeness (QED) is 0.782. The van der Waals surface area contributed by atoms with E-state index in [2.05, 4.69) is 11.4 Å². The van der Waals surface area contributed by atoms with Gasteiger partial charge in [0.15, 0.2) is 6.61 Å². The minimum absolute atomic E-state index is 0.0147. The van der Waals surface area contributed by atoms with Crippen molar-refractivity contribution in [2.24, 2.45) is 5.92 Å². The first-order valence-electron chi connectivity index (χ1n) is 11.7. The van der Waals surface area contributed by atoms with Crippen LogP contribution in [0.2, 0.25) is 0 Å². The molecular weight excluding hydrogens is 396 g/mol. The van der Waals surface area contributed by atoms with Gasteiger partial charge in [-0.05, 0) is 56.1 Å². The van der Waals surface area contributed by atoms with E-state index >= 15 is 0 Å². The molecule has 31 heavy (non-hydrogen) atoms. The molecule has 3 fully saturated rings. The third-order valence-electron chi connectivity index (χ3n) is 7.38. The highest BCUT2D eigenvalue weighted by atomic mass is 16.5. The second-order valence-electron chi connectivity index (χ2n) is 9.25. The first kappa shape index (κ1) is 20.8. The number of benzene rings is 1. The molecular formula is C24H32N2O5. The summed E-state index contributed by atoms with van der Waals surface area (Å²) in [5.74, 6) is 1.17. The van der Waals surface area contributed by atoms with Gasteiger partial charge in [-0.2, -0.15) is 0 Å². The van der Waals surface area contributed by atoms with Crippen LogP contribution >= 0.6 is 0 Å². The molecule has 3 atom stereocenters. The first-order valence-corrected chi connectivity index (χ1v) is 11.7. The second-order valence-corrected chi connectivity index (χ2v) is 9.25. The Bertz CT molecular complexity index is 801. The van der Waals surface area contributed by atoms with Gasteiger partial charge in [0.25, 0.3) is 5.91 Å². The number of ether oxygens (including phenoxy) is 3. The number of nitrogens with zero attached hydrogens (tertiary/aromatic N) is 1. The van der Waals surface area contributed by atoms with E-state index in [-0.39, 0.29) is 42.5 Å². The Morgan fingerprint density at radius 3 is 2.68 bits per heavy atom. The second kappa shape index (κ2) is 9.17. The Balaban J connectivity index is 1.34. The number of hydrogen-bond acceptors (Lipinski definition) is 5. The molecule has 1 aliphatic carbocycles. The Kier molecular flexibility index (Phi) is 6.14. The number of carbonyl (C=O) groups excluding carboxylic acids is 2. The normalized spacial score (nSPS) is 33.5. The number of rotatable bonds is 2. The van der Waals surface area contributed by atoms with Crippen molar-refractivity contribution in [1.29, 1.82) is 0 Å². The summed E-state index contributed by atoms with van der Waals surface area (Å²) in [6.07, 6.45) is 5.86. The molecule has 1 aromatic carbocycles. The van der Waals surface area contributed by atoms with Gasteiger partial charge in [0.05, 0.1) is 37.3 Å². The van der Waals surface area contributed by atoms with E-state index in [0.29, 0.717) is 32.3 Å². The van der Waals surface area contributed by atoms with Crippen molar-refractivity contribution in [3.8, 4) is 5.75 Å². The summed E-state index contributed by atoms with van der Waals surface area (Å²) in [5.41, 5.74) is 1.20. The van der Waals surface area contributed by atoms with Gasteiger partial charge in [-0.25, -0.2) is 0 Å². The number of nitrogens with one attached hydrogen (secondary N) is 1. The molecule has 0 radical (unpaired) electrons. The predicted molar refractivity (Wildman–Crippen MR) is 114 cm³/mol. The van der Waals surface area contributed by atoms with Crippen molar-refractivity contribution in [2.45, 2.75) is 62.6 Å². The zero-order valence-electron chi connectivity index (χ0n) is 18.0. The molecule has 0 spiro atoms. The lowest BCUT2D eigenvalue weighted by molar-refractivity contribution is -0.137. The van der Waals surface area contributed by atoms with Gasteiger partial charge in [0.1, 0.15) is 5.75 Å². The zero-order valence-corrected chi connectivity index (χ0v) is 18.0. The lowest BCUT2D eigenvalue weighted by Crippen LogP contribution is -2.51. The van der Waals surface area contributed by atoms with Crippen molar-refractivity contribution < 1.29 is 23.8 Å². The molecule has 5 aliphatic rings.